The van der Waals surface area contributed by atoms with Gasteiger partial charge in [-0.25, -0.2) is 0 Å². The van der Waals surface area contributed by atoms with E-state index in [0.29, 0.717) is 34.6 Å². The number of hydrogen-bond acceptors (Lipinski definition) is 6. The molecule has 0 atom stereocenters. The third-order valence-electron chi connectivity index (χ3n) is 4.93. The van der Waals surface area contributed by atoms with Crippen LogP contribution in [-0.4, -0.2) is 0 Å². The van der Waals surface area contributed by atoms with E-state index in [0.717, 1.165) is 22.3 Å². The van der Waals surface area contributed by atoms with Crippen LogP contribution in [0.3, 0.4) is 0 Å². The highest BCUT2D eigenvalue weighted by atomic mass is 16.4. The van der Waals surface area contributed by atoms with Crippen molar-refractivity contribution in [3.63, 3.8) is 0 Å². The van der Waals surface area contributed by atoms with Crippen LogP contribution in [0, 0.1) is 0 Å². The van der Waals surface area contributed by atoms with Crippen LogP contribution in [0.25, 0.3) is 56.8 Å². The molecule has 6 aromatic heterocycles. The molecule has 6 heteroatoms. The Kier molecular flexibility index (Phi) is 3.67. The highest BCUT2D eigenvalue weighted by molar-refractivity contribution is 5.91. The van der Waals surface area contributed by atoms with E-state index in [-0.39, 0.29) is 0 Å². The molecule has 0 spiro atoms. The van der Waals surface area contributed by atoms with Gasteiger partial charge in [-0.15, -0.1) is 0 Å². The Bertz CT molecular complexity index is 1280. The third kappa shape index (κ3) is 2.51. The van der Waals surface area contributed by atoms with Gasteiger partial charge in [0.2, 0.25) is 0 Å². The maximum atomic E-state index is 5.87. The van der Waals surface area contributed by atoms with Gasteiger partial charge in [0, 0.05) is 0 Å². The molecule has 0 aliphatic rings. The molecule has 0 saturated carbocycles. The summed E-state index contributed by atoms with van der Waals surface area (Å²) in [5.74, 6) is 3.79. The Labute approximate surface area is 169 Å². The summed E-state index contributed by atoms with van der Waals surface area (Å²) < 4.78 is 34.2. The summed E-state index contributed by atoms with van der Waals surface area (Å²) in [5, 5.41) is 0. The fourth-order valence-corrected chi connectivity index (χ4v) is 3.62. The summed E-state index contributed by atoms with van der Waals surface area (Å²) in [5.41, 5.74) is 3.16. The second-order valence-electron chi connectivity index (χ2n) is 6.61. The molecule has 0 unspecified atom stereocenters. The lowest BCUT2D eigenvalue weighted by molar-refractivity contribution is 0.522. The van der Waals surface area contributed by atoms with Gasteiger partial charge in [0.1, 0.15) is 23.0 Å². The van der Waals surface area contributed by atoms with Crippen molar-refractivity contribution < 1.29 is 26.5 Å². The first kappa shape index (κ1) is 16.6. The third-order valence-corrected chi connectivity index (χ3v) is 4.93. The zero-order chi connectivity index (χ0) is 19.9. The maximum absolute atomic E-state index is 5.87. The molecule has 0 bridgehead atoms. The first-order valence-corrected chi connectivity index (χ1v) is 9.29. The van der Waals surface area contributed by atoms with Gasteiger partial charge in [-0.05, 0) is 48.5 Å². The van der Waals surface area contributed by atoms with Crippen LogP contribution in [0.2, 0.25) is 0 Å². The quantitative estimate of drug-likeness (QED) is 0.298. The van der Waals surface area contributed by atoms with Crippen molar-refractivity contribution in [1.29, 1.82) is 0 Å². The number of furan rings is 6. The van der Waals surface area contributed by atoms with Crippen LogP contribution in [0.1, 0.15) is 0 Å². The van der Waals surface area contributed by atoms with Gasteiger partial charge < -0.3 is 26.5 Å². The Hall–Kier alpha value is -4.32. The van der Waals surface area contributed by atoms with Crippen molar-refractivity contribution in [3.05, 3.63) is 86.1 Å². The van der Waals surface area contributed by atoms with Crippen LogP contribution in [-0.2, 0) is 0 Å². The van der Waals surface area contributed by atoms with Crippen molar-refractivity contribution in [2.24, 2.45) is 0 Å². The molecule has 0 aliphatic heterocycles. The smallest absolute Gasteiger partial charge is 0.180 e. The zero-order valence-corrected chi connectivity index (χ0v) is 15.5. The van der Waals surface area contributed by atoms with E-state index < -0.39 is 0 Å². The highest BCUT2D eigenvalue weighted by Gasteiger charge is 2.25. The SMILES string of the molecule is c1coc(-c2ccoc2-c2ccoc2-c2ccoc2-c2ccoc2-c2ccco2)c1. The van der Waals surface area contributed by atoms with E-state index in [1.165, 1.54) is 0 Å². The summed E-state index contributed by atoms with van der Waals surface area (Å²) >= 11 is 0. The Morgan fingerprint density at radius 2 is 0.767 bits per heavy atom. The normalized spacial score (nSPS) is 11.3. The minimum atomic E-state index is 0.582. The lowest BCUT2D eigenvalue weighted by Gasteiger charge is -2.04. The van der Waals surface area contributed by atoms with E-state index in [4.69, 9.17) is 26.5 Å². The summed E-state index contributed by atoms with van der Waals surface area (Å²) in [7, 11) is 0. The molecule has 0 aliphatic carbocycles. The summed E-state index contributed by atoms with van der Waals surface area (Å²) in [6, 6.07) is 14.8. The Balaban J connectivity index is 1.49. The lowest BCUT2D eigenvalue weighted by Crippen LogP contribution is -1.83. The van der Waals surface area contributed by atoms with E-state index in [9.17, 15) is 0 Å². The van der Waals surface area contributed by atoms with E-state index in [1.807, 2.05) is 48.5 Å². The molecule has 6 aromatic rings. The van der Waals surface area contributed by atoms with Crippen LogP contribution < -0.4 is 0 Å². The Morgan fingerprint density at radius 1 is 0.333 bits per heavy atom. The van der Waals surface area contributed by atoms with Crippen LogP contribution in [0.4, 0.5) is 0 Å². The second-order valence-corrected chi connectivity index (χ2v) is 6.61. The summed E-state index contributed by atoms with van der Waals surface area (Å²) in [4.78, 5) is 0. The highest BCUT2D eigenvalue weighted by Crippen LogP contribution is 2.45. The molecular weight excluding hydrogens is 384 g/mol. The first-order chi connectivity index (χ1) is 14.9. The van der Waals surface area contributed by atoms with Gasteiger partial charge in [0.15, 0.2) is 11.5 Å². The van der Waals surface area contributed by atoms with Crippen molar-refractivity contribution in [2.75, 3.05) is 0 Å². The fraction of sp³-hybridized carbons (Fsp3) is 0. The van der Waals surface area contributed by atoms with Crippen LogP contribution in [0.5, 0.6) is 0 Å². The van der Waals surface area contributed by atoms with Crippen molar-refractivity contribution >= 4 is 0 Å². The maximum Gasteiger partial charge on any atom is 0.180 e. The summed E-state index contributed by atoms with van der Waals surface area (Å²) in [6.45, 7) is 0. The molecule has 6 heterocycles. The molecular formula is C24H14O6. The molecule has 6 nitrogen and oxygen atoms in total. The molecule has 0 saturated heterocycles. The Morgan fingerprint density at radius 3 is 1.30 bits per heavy atom. The molecule has 0 radical (unpaired) electrons. The van der Waals surface area contributed by atoms with Gasteiger partial charge >= 0.3 is 0 Å². The van der Waals surface area contributed by atoms with Crippen molar-refractivity contribution in [1.82, 2.24) is 0 Å². The average Bonchev–Trinajstić information content (AvgIpc) is 3.60. The van der Waals surface area contributed by atoms with Gasteiger partial charge in [0.05, 0.1) is 59.8 Å². The largest absolute Gasteiger partial charge is 0.464 e. The van der Waals surface area contributed by atoms with Crippen molar-refractivity contribution in [2.45, 2.75) is 0 Å². The molecule has 30 heavy (non-hydrogen) atoms. The van der Waals surface area contributed by atoms with Crippen molar-refractivity contribution in [3.8, 4) is 56.8 Å². The standard InChI is InChI=1S/C24H14O6/c1-3-19(25-9-1)15-5-11-27-21(15)16-6-12-28-22(16)17-7-13-29-23(17)18-8-14-30-24(18)20-4-2-10-26-20/h1-14H. The van der Waals surface area contributed by atoms with Gasteiger partial charge in [0.25, 0.3) is 0 Å². The van der Waals surface area contributed by atoms with E-state index in [1.54, 1.807) is 37.6 Å². The van der Waals surface area contributed by atoms with Crippen LogP contribution in [0.15, 0.2) is 113 Å². The molecule has 6 rings (SSSR count). The topological polar surface area (TPSA) is 78.8 Å². The van der Waals surface area contributed by atoms with Gasteiger partial charge in [-0.2, -0.15) is 0 Å². The lowest BCUT2D eigenvalue weighted by atomic mass is 10.0. The van der Waals surface area contributed by atoms with E-state index >= 15 is 0 Å². The number of rotatable bonds is 5. The van der Waals surface area contributed by atoms with Gasteiger partial charge in [-0.1, -0.05) is 0 Å². The van der Waals surface area contributed by atoms with Gasteiger partial charge in [-0.3, -0.25) is 0 Å². The second kappa shape index (κ2) is 6.63. The molecule has 0 fully saturated rings. The minimum Gasteiger partial charge on any atom is -0.464 e. The molecule has 146 valence electrons. The predicted molar refractivity (Wildman–Crippen MR) is 107 cm³/mol. The zero-order valence-electron chi connectivity index (χ0n) is 15.5. The fourth-order valence-electron chi connectivity index (χ4n) is 3.62. The summed E-state index contributed by atoms with van der Waals surface area (Å²) in [6.07, 6.45) is 9.70. The molecule has 0 aromatic carbocycles. The first-order valence-electron chi connectivity index (χ1n) is 9.29. The predicted octanol–water partition coefficient (Wildman–Crippen LogP) is 7.58. The minimum absolute atomic E-state index is 0.582. The molecule has 0 N–H and O–H groups in total. The monoisotopic (exact) mass is 398 g/mol. The molecule has 0 amide bonds. The number of hydrogen-bond donors (Lipinski definition) is 0. The van der Waals surface area contributed by atoms with E-state index in [2.05, 4.69) is 0 Å². The van der Waals surface area contributed by atoms with Crippen LogP contribution >= 0.6 is 0 Å². The average molecular weight is 398 g/mol.